The predicted octanol–water partition coefficient (Wildman–Crippen LogP) is 2.32. The maximum atomic E-state index is 11.8. The summed E-state index contributed by atoms with van der Waals surface area (Å²) >= 11 is 3.41. The van der Waals surface area contributed by atoms with E-state index in [4.69, 9.17) is 4.74 Å². The summed E-state index contributed by atoms with van der Waals surface area (Å²) in [5.74, 6) is 0.973. The highest BCUT2D eigenvalue weighted by Crippen LogP contribution is 2.23. The van der Waals surface area contributed by atoms with Gasteiger partial charge in [0.2, 0.25) is 0 Å². The molecule has 0 heterocycles. The lowest BCUT2D eigenvalue weighted by Gasteiger charge is -2.08. The first-order valence-corrected chi connectivity index (χ1v) is 6.56. The molecule has 0 amide bonds. The highest BCUT2D eigenvalue weighted by molar-refractivity contribution is 9.10. The minimum absolute atomic E-state index is 0.202. The van der Waals surface area contributed by atoms with Gasteiger partial charge in [-0.15, -0.1) is 0 Å². The second-order valence-corrected chi connectivity index (χ2v) is 5.24. The summed E-state index contributed by atoms with van der Waals surface area (Å²) in [5.41, 5.74) is 0.935. The molecule has 0 unspecified atom stereocenters. The maximum Gasteiger partial charge on any atom is 0.151 e. The lowest BCUT2D eigenvalue weighted by Crippen LogP contribution is -2.26. The Hall–Kier alpha value is -0.870. The molecule has 1 fully saturated rings. The van der Waals surface area contributed by atoms with Crippen LogP contribution >= 0.6 is 15.9 Å². The Morgan fingerprint density at radius 3 is 2.94 bits per heavy atom. The molecule has 1 aromatic rings. The van der Waals surface area contributed by atoms with E-state index >= 15 is 0 Å². The molecule has 3 nitrogen and oxygen atoms in total. The first-order chi connectivity index (χ1) is 8.19. The minimum Gasteiger partial charge on any atom is -0.496 e. The Balaban J connectivity index is 1.95. The van der Waals surface area contributed by atoms with Crippen LogP contribution in [0.1, 0.15) is 18.4 Å². The monoisotopic (exact) mass is 297 g/mol. The topological polar surface area (TPSA) is 38.3 Å². The summed E-state index contributed by atoms with van der Waals surface area (Å²) in [6, 6.07) is 6.30. The number of ketones is 1. The minimum atomic E-state index is 0.202. The van der Waals surface area contributed by atoms with Crippen LogP contribution in [-0.4, -0.2) is 25.5 Å². The molecule has 0 aliphatic heterocycles. The van der Waals surface area contributed by atoms with Crippen molar-refractivity contribution in [1.82, 2.24) is 5.32 Å². The van der Waals surface area contributed by atoms with Crippen molar-refractivity contribution in [3.8, 4) is 5.75 Å². The zero-order valence-electron chi connectivity index (χ0n) is 9.83. The van der Waals surface area contributed by atoms with Crippen LogP contribution in [0.5, 0.6) is 5.75 Å². The quantitative estimate of drug-likeness (QED) is 0.876. The lowest BCUT2D eigenvalue weighted by molar-refractivity contribution is -0.117. The van der Waals surface area contributed by atoms with E-state index < -0.39 is 0 Å². The van der Waals surface area contributed by atoms with Crippen molar-refractivity contribution >= 4 is 21.7 Å². The molecule has 1 aromatic carbocycles. The first-order valence-electron chi connectivity index (χ1n) is 5.76. The van der Waals surface area contributed by atoms with Gasteiger partial charge in [0, 0.05) is 22.5 Å². The molecule has 1 aliphatic carbocycles. The smallest absolute Gasteiger partial charge is 0.151 e. The molecule has 2 rings (SSSR count). The van der Waals surface area contributed by atoms with Crippen molar-refractivity contribution in [2.24, 2.45) is 0 Å². The van der Waals surface area contributed by atoms with Gasteiger partial charge in [-0.3, -0.25) is 4.79 Å². The zero-order valence-corrected chi connectivity index (χ0v) is 11.4. The highest BCUT2D eigenvalue weighted by atomic mass is 79.9. The summed E-state index contributed by atoms with van der Waals surface area (Å²) in [4.78, 5) is 11.8. The number of rotatable bonds is 6. The summed E-state index contributed by atoms with van der Waals surface area (Å²) in [6.45, 7) is 0.459. The third-order valence-corrected chi connectivity index (χ3v) is 3.29. The van der Waals surface area contributed by atoms with E-state index in [1.165, 1.54) is 12.8 Å². The van der Waals surface area contributed by atoms with E-state index in [-0.39, 0.29) is 5.78 Å². The fraction of sp³-hybridized carbons (Fsp3) is 0.462. The number of hydrogen-bond acceptors (Lipinski definition) is 3. The summed E-state index contributed by atoms with van der Waals surface area (Å²) < 4.78 is 6.21. The fourth-order valence-electron chi connectivity index (χ4n) is 1.71. The van der Waals surface area contributed by atoms with Crippen molar-refractivity contribution in [2.45, 2.75) is 25.3 Å². The second kappa shape index (κ2) is 5.65. The zero-order chi connectivity index (χ0) is 12.3. The van der Waals surface area contributed by atoms with Gasteiger partial charge in [-0.2, -0.15) is 0 Å². The van der Waals surface area contributed by atoms with E-state index in [0.29, 0.717) is 19.0 Å². The van der Waals surface area contributed by atoms with Crippen LogP contribution in [0, 0.1) is 0 Å². The summed E-state index contributed by atoms with van der Waals surface area (Å²) in [7, 11) is 1.62. The van der Waals surface area contributed by atoms with Gasteiger partial charge in [-0.05, 0) is 31.0 Å². The summed E-state index contributed by atoms with van der Waals surface area (Å²) in [5, 5.41) is 3.23. The van der Waals surface area contributed by atoms with Crippen LogP contribution in [0.15, 0.2) is 22.7 Å². The number of Topliss-reactive ketones (excluding diaryl/α,β-unsaturated/α-hetero) is 1. The van der Waals surface area contributed by atoms with Crippen molar-refractivity contribution in [3.05, 3.63) is 28.2 Å². The van der Waals surface area contributed by atoms with Crippen LogP contribution in [0.2, 0.25) is 0 Å². The Morgan fingerprint density at radius 1 is 1.53 bits per heavy atom. The molecule has 1 aliphatic rings. The molecule has 4 heteroatoms. The molecule has 1 saturated carbocycles. The van der Waals surface area contributed by atoms with Crippen LogP contribution < -0.4 is 10.1 Å². The Morgan fingerprint density at radius 2 is 2.29 bits per heavy atom. The van der Waals surface area contributed by atoms with Gasteiger partial charge in [0.15, 0.2) is 5.78 Å². The van der Waals surface area contributed by atoms with Gasteiger partial charge in [0.1, 0.15) is 5.75 Å². The average molecular weight is 298 g/mol. The van der Waals surface area contributed by atoms with Crippen LogP contribution in [0.4, 0.5) is 0 Å². The number of benzene rings is 1. The second-order valence-electron chi connectivity index (χ2n) is 4.33. The third kappa shape index (κ3) is 3.82. The van der Waals surface area contributed by atoms with Crippen molar-refractivity contribution in [3.63, 3.8) is 0 Å². The van der Waals surface area contributed by atoms with Gasteiger partial charge in [-0.25, -0.2) is 0 Å². The van der Waals surface area contributed by atoms with Gasteiger partial charge < -0.3 is 10.1 Å². The molecule has 0 bridgehead atoms. The van der Waals surface area contributed by atoms with E-state index in [9.17, 15) is 4.79 Å². The molecule has 0 saturated heterocycles. The van der Waals surface area contributed by atoms with Crippen molar-refractivity contribution in [1.29, 1.82) is 0 Å². The largest absolute Gasteiger partial charge is 0.496 e. The maximum absolute atomic E-state index is 11.8. The molecule has 92 valence electrons. The van der Waals surface area contributed by atoms with E-state index in [1.54, 1.807) is 7.11 Å². The first kappa shape index (κ1) is 12.6. The molecular formula is C13H16BrNO2. The molecule has 0 radical (unpaired) electrons. The molecule has 1 N–H and O–H groups in total. The van der Waals surface area contributed by atoms with Crippen LogP contribution in [0.3, 0.4) is 0 Å². The molecule has 0 atom stereocenters. The van der Waals surface area contributed by atoms with Gasteiger partial charge >= 0.3 is 0 Å². The number of ether oxygens (including phenoxy) is 1. The van der Waals surface area contributed by atoms with Crippen molar-refractivity contribution < 1.29 is 9.53 Å². The van der Waals surface area contributed by atoms with Crippen LogP contribution in [-0.2, 0) is 11.2 Å². The number of halogens is 1. The molecule has 17 heavy (non-hydrogen) atoms. The Kier molecular flexibility index (Phi) is 4.18. The number of carbonyl (C=O) groups is 1. The fourth-order valence-corrected chi connectivity index (χ4v) is 2.11. The molecular weight excluding hydrogens is 282 g/mol. The standard InChI is InChI=1S/C13H16BrNO2/c1-17-13-5-2-10(14)6-9(13)7-12(16)8-15-11-3-4-11/h2,5-6,11,15H,3-4,7-8H2,1H3. The summed E-state index contributed by atoms with van der Waals surface area (Å²) in [6.07, 6.45) is 2.82. The lowest BCUT2D eigenvalue weighted by atomic mass is 10.1. The SMILES string of the molecule is COc1ccc(Br)cc1CC(=O)CNC1CC1. The number of carbonyl (C=O) groups excluding carboxylic acids is 1. The van der Waals surface area contributed by atoms with Crippen molar-refractivity contribution in [2.75, 3.05) is 13.7 Å². The molecule has 0 aromatic heterocycles. The Labute approximate surface area is 110 Å². The third-order valence-electron chi connectivity index (χ3n) is 2.80. The predicted molar refractivity (Wildman–Crippen MR) is 70.4 cm³/mol. The molecule has 0 spiro atoms. The van der Waals surface area contributed by atoms with E-state index in [1.807, 2.05) is 18.2 Å². The van der Waals surface area contributed by atoms with Gasteiger partial charge in [0.05, 0.1) is 13.7 Å². The number of hydrogen-bond donors (Lipinski definition) is 1. The van der Waals surface area contributed by atoms with E-state index in [2.05, 4.69) is 21.2 Å². The van der Waals surface area contributed by atoms with Crippen LogP contribution in [0.25, 0.3) is 0 Å². The Bertz CT molecular complexity index is 416. The number of methoxy groups -OCH3 is 1. The van der Waals surface area contributed by atoms with Gasteiger partial charge in [-0.1, -0.05) is 15.9 Å². The normalized spacial score (nSPS) is 14.7. The average Bonchev–Trinajstić information content (AvgIpc) is 3.10. The van der Waals surface area contributed by atoms with Gasteiger partial charge in [0.25, 0.3) is 0 Å². The number of nitrogens with one attached hydrogen (secondary N) is 1. The van der Waals surface area contributed by atoms with E-state index in [0.717, 1.165) is 15.8 Å². The highest BCUT2D eigenvalue weighted by Gasteiger charge is 2.21.